The number of ether oxygens (including phenoxy) is 3. The average molecular weight is 462 g/mol. The van der Waals surface area contributed by atoms with Crippen LogP contribution in [0.4, 0.5) is 14.5 Å². The fourth-order valence-corrected chi connectivity index (χ4v) is 4.27. The molecule has 2 N–H and O–H groups in total. The van der Waals surface area contributed by atoms with Crippen LogP contribution < -0.4 is 10.1 Å². The van der Waals surface area contributed by atoms with Crippen LogP contribution in [0.15, 0.2) is 30.3 Å². The Balaban J connectivity index is 1.76. The van der Waals surface area contributed by atoms with Crippen LogP contribution in [-0.4, -0.2) is 43.0 Å². The number of aliphatic carboxylic acids is 1. The summed E-state index contributed by atoms with van der Waals surface area (Å²) in [7, 11) is 1.38. The minimum absolute atomic E-state index is 0.142. The summed E-state index contributed by atoms with van der Waals surface area (Å²) in [4.78, 5) is 12.1. The molecule has 1 aliphatic heterocycles. The van der Waals surface area contributed by atoms with Gasteiger partial charge in [0.1, 0.15) is 11.3 Å². The van der Waals surface area contributed by atoms with Crippen LogP contribution in [0.25, 0.3) is 11.1 Å². The van der Waals surface area contributed by atoms with Gasteiger partial charge in [0.2, 0.25) is 0 Å². The normalized spacial score (nSPS) is 17.7. The van der Waals surface area contributed by atoms with Crippen LogP contribution in [0.1, 0.15) is 48.8 Å². The second kappa shape index (κ2) is 9.65. The summed E-state index contributed by atoms with van der Waals surface area (Å²) in [6.07, 6.45) is 0.0944. The van der Waals surface area contributed by atoms with Crippen molar-refractivity contribution < 1.29 is 32.9 Å². The van der Waals surface area contributed by atoms with Gasteiger partial charge in [0, 0.05) is 31.7 Å². The van der Waals surface area contributed by atoms with E-state index in [0.717, 1.165) is 18.4 Å². The van der Waals surface area contributed by atoms with E-state index in [9.17, 15) is 18.7 Å². The molecule has 0 bridgehead atoms. The molecular weight excluding hydrogens is 432 g/mol. The van der Waals surface area contributed by atoms with Crippen molar-refractivity contribution in [3.63, 3.8) is 0 Å². The standard InChI is InChI=1S/C25H29F2NO5/c1-15-11-20(22(23(26)27)21(12-15)31-2)19-6-3-17(13-16(19)14-33-18-4-5-18)28-25(24(29)30)7-9-32-10-8-25/h3,6,11-13,18,23,28H,4-5,7-10,14H2,1-2H3,(H,29,30). The summed E-state index contributed by atoms with van der Waals surface area (Å²) in [5.41, 5.74) is 1.84. The van der Waals surface area contributed by atoms with E-state index in [4.69, 9.17) is 14.2 Å². The van der Waals surface area contributed by atoms with Crippen molar-refractivity contribution in [2.24, 2.45) is 0 Å². The third kappa shape index (κ3) is 5.12. The van der Waals surface area contributed by atoms with Crippen LogP contribution in [0.3, 0.4) is 0 Å². The van der Waals surface area contributed by atoms with Crippen LogP contribution in [0, 0.1) is 6.92 Å². The van der Waals surface area contributed by atoms with Crippen molar-refractivity contribution in [2.75, 3.05) is 25.6 Å². The molecule has 2 aliphatic rings. The number of anilines is 1. The number of benzene rings is 2. The zero-order valence-electron chi connectivity index (χ0n) is 18.8. The van der Waals surface area contributed by atoms with Crippen LogP contribution in [0.2, 0.25) is 0 Å². The molecule has 1 heterocycles. The number of carbonyl (C=O) groups is 1. The minimum Gasteiger partial charge on any atom is -0.496 e. The van der Waals surface area contributed by atoms with Crippen molar-refractivity contribution in [1.29, 1.82) is 0 Å². The maximum absolute atomic E-state index is 14.1. The highest BCUT2D eigenvalue weighted by atomic mass is 19.3. The van der Waals surface area contributed by atoms with Crippen molar-refractivity contribution >= 4 is 11.7 Å². The SMILES string of the molecule is COc1cc(C)cc(-c2ccc(NC3(C(=O)O)CCOCC3)cc2COC2CC2)c1C(F)F. The number of hydrogen-bond donors (Lipinski definition) is 2. The van der Waals surface area contributed by atoms with Gasteiger partial charge >= 0.3 is 5.97 Å². The van der Waals surface area contributed by atoms with E-state index in [1.165, 1.54) is 7.11 Å². The lowest BCUT2D eigenvalue weighted by Crippen LogP contribution is -2.50. The molecule has 1 saturated carbocycles. The highest BCUT2D eigenvalue weighted by molar-refractivity contribution is 5.84. The number of carboxylic acid groups (broad SMARTS) is 1. The maximum Gasteiger partial charge on any atom is 0.329 e. The fourth-order valence-electron chi connectivity index (χ4n) is 4.27. The Bertz CT molecular complexity index is 1020. The highest BCUT2D eigenvalue weighted by Gasteiger charge is 2.40. The molecule has 2 aromatic carbocycles. The second-order valence-corrected chi connectivity index (χ2v) is 8.74. The number of hydrogen-bond acceptors (Lipinski definition) is 5. The molecule has 0 atom stereocenters. The molecule has 178 valence electrons. The second-order valence-electron chi connectivity index (χ2n) is 8.74. The number of rotatable bonds is 9. The van der Waals surface area contributed by atoms with Gasteiger partial charge < -0.3 is 24.6 Å². The third-order valence-electron chi connectivity index (χ3n) is 6.26. The molecular formula is C25H29F2NO5. The Kier molecular flexibility index (Phi) is 6.86. The number of alkyl halides is 2. The lowest BCUT2D eigenvalue weighted by atomic mass is 9.89. The van der Waals surface area contributed by atoms with Crippen molar-refractivity contribution in [1.82, 2.24) is 0 Å². The number of carboxylic acids is 1. The van der Waals surface area contributed by atoms with E-state index >= 15 is 0 Å². The Morgan fingerprint density at radius 3 is 2.55 bits per heavy atom. The predicted molar refractivity (Wildman–Crippen MR) is 120 cm³/mol. The summed E-state index contributed by atoms with van der Waals surface area (Å²) in [6, 6.07) is 8.62. The van der Waals surface area contributed by atoms with Crippen molar-refractivity contribution in [3.05, 3.63) is 47.0 Å². The zero-order chi connectivity index (χ0) is 23.6. The molecule has 0 aromatic heterocycles. The van der Waals surface area contributed by atoms with Gasteiger partial charge in [0.25, 0.3) is 6.43 Å². The van der Waals surface area contributed by atoms with Crippen LogP contribution in [-0.2, 0) is 20.9 Å². The van der Waals surface area contributed by atoms with Gasteiger partial charge in [-0.25, -0.2) is 13.6 Å². The molecule has 4 rings (SSSR count). The molecule has 0 spiro atoms. The summed E-state index contributed by atoms with van der Waals surface area (Å²) in [5, 5.41) is 13.1. The zero-order valence-corrected chi connectivity index (χ0v) is 18.8. The quantitative estimate of drug-likeness (QED) is 0.526. The lowest BCUT2D eigenvalue weighted by Gasteiger charge is -2.35. The minimum atomic E-state index is -2.72. The molecule has 2 aromatic rings. The first kappa shape index (κ1) is 23.4. The summed E-state index contributed by atoms with van der Waals surface area (Å²) < 4.78 is 44.7. The average Bonchev–Trinajstić information content (AvgIpc) is 3.62. The monoisotopic (exact) mass is 461 g/mol. The van der Waals surface area contributed by atoms with E-state index < -0.39 is 17.9 Å². The largest absolute Gasteiger partial charge is 0.496 e. The van der Waals surface area contributed by atoms with E-state index in [1.54, 1.807) is 24.3 Å². The van der Waals surface area contributed by atoms with E-state index in [2.05, 4.69) is 5.32 Å². The molecule has 1 saturated heterocycles. The lowest BCUT2D eigenvalue weighted by molar-refractivity contribution is -0.145. The molecule has 0 amide bonds. The van der Waals surface area contributed by atoms with Gasteiger partial charge in [0.15, 0.2) is 0 Å². The summed E-state index contributed by atoms with van der Waals surface area (Å²) in [6.45, 7) is 2.79. The topological polar surface area (TPSA) is 77.0 Å². The van der Waals surface area contributed by atoms with E-state index in [0.29, 0.717) is 48.4 Å². The van der Waals surface area contributed by atoms with E-state index in [-0.39, 0.29) is 24.0 Å². The van der Waals surface area contributed by atoms with Crippen LogP contribution in [0.5, 0.6) is 5.75 Å². The maximum atomic E-state index is 14.1. The van der Waals surface area contributed by atoms with Gasteiger partial charge in [-0.05, 0) is 60.2 Å². The number of methoxy groups -OCH3 is 1. The first-order valence-corrected chi connectivity index (χ1v) is 11.1. The Morgan fingerprint density at radius 2 is 1.94 bits per heavy atom. The summed E-state index contributed by atoms with van der Waals surface area (Å²) >= 11 is 0. The van der Waals surface area contributed by atoms with Gasteiger partial charge in [-0.15, -0.1) is 0 Å². The van der Waals surface area contributed by atoms with Gasteiger partial charge in [-0.1, -0.05) is 12.1 Å². The van der Waals surface area contributed by atoms with Gasteiger partial charge in [-0.3, -0.25) is 0 Å². The predicted octanol–water partition coefficient (Wildman–Crippen LogP) is 5.33. The van der Waals surface area contributed by atoms with Gasteiger partial charge in [-0.2, -0.15) is 0 Å². The Hall–Kier alpha value is -2.71. The Labute approximate surface area is 191 Å². The van der Waals surface area contributed by atoms with Gasteiger partial charge in [0.05, 0.1) is 25.4 Å². The molecule has 2 fully saturated rings. The fraction of sp³-hybridized carbons (Fsp3) is 0.480. The first-order valence-electron chi connectivity index (χ1n) is 11.1. The molecule has 1 aliphatic carbocycles. The molecule has 33 heavy (non-hydrogen) atoms. The molecule has 8 heteroatoms. The van der Waals surface area contributed by atoms with Crippen LogP contribution >= 0.6 is 0 Å². The van der Waals surface area contributed by atoms with Crippen molar-refractivity contribution in [2.45, 2.75) is 57.3 Å². The Morgan fingerprint density at radius 1 is 1.21 bits per heavy atom. The smallest absolute Gasteiger partial charge is 0.329 e. The number of aryl methyl sites for hydroxylation is 1. The molecule has 0 unspecified atom stereocenters. The van der Waals surface area contributed by atoms with E-state index in [1.807, 2.05) is 13.0 Å². The number of nitrogens with one attached hydrogen (secondary N) is 1. The third-order valence-corrected chi connectivity index (χ3v) is 6.26. The summed E-state index contributed by atoms with van der Waals surface area (Å²) in [5.74, 6) is -0.794. The first-order chi connectivity index (χ1) is 15.8. The van der Waals surface area contributed by atoms with Crippen molar-refractivity contribution in [3.8, 4) is 16.9 Å². The number of halogens is 2. The molecule has 0 radical (unpaired) electrons. The highest BCUT2D eigenvalue weighted by Crippen LogP contribution is 2.41. The molecule has 6 nitrogen and oxygen atoms in total.